The molecule has 2 aliphatic rings. The molecular weight excluding hydrogens is 460 g/mol. The molecule has 0 bridgehead atoms. The van der Waals surface area contributed by atoms with E-state index in [4.69, 9.17) is 10.5 Å². The van der Waals surface area contributed by atoms with Crippen LogP contribution in [0.3, 0.4) is 0 Å². The number of nitrogens with one attached hydrogen (secondary N) is 1. The summed E-state index contributed by atoms with van der Waals surface area (Å²) in [4.78, 5) is 40.1. The van der Waals surface area contributed by atoms with E-state index in [2.05, 4.69) is 10.4 Å². The Morgan fingerprint density at radius 1 is 1.23 bits per heavy atom. The van der Waals surface area contributed by atoms with Gasteiger partial charge in [0.1, 0.15) is 12.1 Å². The lowest BCUT2D eigenvalue weighted by Crippen LogP contribution is -2.57. The van der Waals surface area contributed by atoms with Crippen molar-refractivity contribution in [2.45, 2.75) is 58.7 Å². The smallest absolute Gasteiger partial charge is 0.272 e. The molecule has 0 radical (unpaired) electrons. The first-order chi connectivity index (χ1) is 16.5. The van der Waals surface area contributed by atoms with Crippen molar-refractivity contribution in [3.05, 3.63) is 46.8 Å². The van der Waals surface area contributed by atoms with Gasteiger partial charge in [-0.2, -0.15) is 5.10 Å². The van der Waals surface area contributed by atoms with Crippen molar-refractivity contribution in [2.24, 2.45) is 11.1 Å². The minimum atomic E-state index is -1.03. The predicted molar refractivity (Wildman–Crippen MR) is 121 cm³/mol. The highest BCUT2D eigenvalue weighted by molar-refractivity contribution is 5.98. The summed E-state index contributed by atoms with van der Waals surface area (Å²) in [6, 6.07) is 1.72. The molecule has 2 aliphatic heterocycles. The second-order valence-electron chi connectivity index (χ2n) is 9.95. The van der Waals surface area contributed by atoms with Gasteiger partial charge in [0.05, 0.1) is 24.6 Å². The standard InChI is InChI=1S/C24H29F2N5O4/c1-24(2,3)20(23(34)30-9-4-5-18(30)21(27)32)28-22(33)19-14-12-35-10-8-17(14)31(29-19)13-6-7-15(25)16(26)11-13/h6-7,11,18,20H,4-5,8-10,12H2,1-3H3,(H2,27,32)(H,28,33). The number of nitrogens with zero attached hydrogens (tertiary/aromatic N) is 3. The van der Waals surface area contributed by atoms with Gasteiger partial charge in [0.15, 0.2) is 17.3 Å². The number of hydrogen-bond donors (Lipinski definition) is 2. The molecule has 0 aliphatic carbocycles. The summed E-state index contributed by atoms with van der Waals surface area (Å²) in [5, 5.41) is 7.20. The summed E-state index contributed by atoms with van der Waals surface area (Å²) in [6.07, 6.45) is 1.55. The van der Waals surface area contributed by atoms with Gasteiger partial charge in [0.2, 0.25) is 11.8 Å². The number of halogens is 2. The van der Waals surface area contributed by atoms with Crippen LogP contribution in [0.5, 0.6) is 0 Å². The molecule has 1 saturated heterocycles. The third-order valence-corrected chi connectivity index (χ3v) is 6.44. The SMILES string of the molecule is CC(C)(C)C(NC(=O)c1nn(-c2ccc(F)c(F)c2)c2c1COCC2)C(=O)N1CCCC1C(N)=O. The molecular formula is C24H29F2N5O4. The molecule has 3 heterocycles. The molecule has 9 nitrogen and oxygen atoms in total. The van der Waals surface area contributed by atoms with E-state index in [1.54, 1.807) is 0 Å². The number of aromatic nitrogens is 2. The third kappa shape index (κ3) is 4.77. The van der Waals surface area contributed by atoms with Crippen molar-refractivity contribution in [2.75, 3.05) is 13.2 Å². The first-order valence-corrected chi connectivity index (χ1v) is 11.5. The van der Waals surface area contributed by atoms with Crippen LogP contribution < -0.4 is 11.1 Å². The first kappa shape index (κ1) is 24.8. The maximum Gasteiger partial charge on any atom is 0.272 e. The maximum atomic E-state index is 13.9. The van der Waals surface area contributed by atoms with Crippen LogP contribution in [-0.4, -0.2) is 57.6 Å². The Kier molecular flexibility index (Phi) is 6.63. The van der Waals surface area contributed by atoms with Crippen LogP contribution in [0, 0.1) is 17.0 Å². The quantitative estimate of drug-likeness (QED) is 0.664. The fourth-order valence-electron chi connectivity index (χ4n) is 4.59. The number of carbonyl (C=O) groups excluding carboxylic acids is 3. The molecule has 0 spiro atoms. The molecule has 188 valence electrons. The Hall–Kier alpha value is -3.34. The van der Waals surface area contributed by atoms with Crippen molar-refractivity contribution in [1.82, 2.24) is 20.0 Å². The van der Waals surface area contributed by atoms with E-state index in [0.717, 1.165) is 12.1 Å². The zero-order valence-corrected chi connectivity index (χ0v) is 19.9. The number of benzene rings is 1. The van der Waals surface area contributed by atoms with Gasteiger partial charge in [-0.15, -0.1) is 0 Å². The van der Waals surface area contributed by atoms with Gasteiger partial charge in [0.25, 0.3) is 5.91 Å². The van der Waals surface area contributed by atoms with Gasteiger partial charge in [-0.1, -0.05) is 20.8 Å². The molecule has 2 unspecified atom stereocenters. The molecule has 3 amide bonds. The van der Waals surface area contributed by atoms with Crippen LogP contribution >= 0.6 is 0 Å². The molecule has 2 atom stereocenters. The molecule has 35 heavy (non-hydrogen) atoms. The average Bonchev–Trinajstić information content (AvgIpc) is 3.43. The van der Waals surface area contributed by atoms with Crippen LogP contribution in [0.25, 0.3) is 5.69 Å². The number of ether oxygens (including phenoxy) is 1. The van der Waals surface area contributed by atoms with Crippen molar-refractivity contribution >= 4 is 17.7 Å². The summed E-state index contributed by atoms with van der Waals surface area (Å²) in [5.41, 5.74) is 6.29. The van der Waals surface area contributed by atoms with Gasteiger partial charge in [-0.25, -0.2) is 13.5 Å². The van der Waals surface area contributed by atoms with Gasteiger partial charge in [-0.3, -0.25) is 14.4 Å². The topological polar surface area (TPSA) is 120 Å². The summed E-state index contributed by atoms with van der Waals surface area (Å²) in [6.45, 7) is 6.31. The number of amides is 3. The fourth-order valence-corrected chi connectivity index (χ4v) is 4.59. The van der Waals surface area contributed by atoms with Crippen LogP contribution in [0.15, 0.2) is 18.2 Å². The Balaban J connectivity index is 1.67. The summed E-state index contributed by atoms with van der Waals surface area (Å²) in [7, 11) is 0. The number of fused-ring (bicyclic) bond motifs is 1. The lowest BCUT2D eigenvalue weighted by molar-refractivity contribution is -0.140. The number of carbonyl (C=O) groups is 3. The van der Waals surface area contributed by atoms with Crippen molar-refractivity contribution in [3.63, 3.8) is 0 Å². The predicted octanol–water partition coefficient (Wildman–Crippen LogP) is 1.84. The number of rotatable bonds is 5. The van der Waals surface area contributed by atoms with E-state index in [1.165, 1.54) is 15.6 Å². The molecule has 1 aromatic carbocycles. The van der Waals surface area contributed by atoms with Crippen LogP contribution in [-0.2, 0) is 27.4 Å². The van der Waals surface area contributed by atoms with E-state index in [9.17, 15) is 23.2 Å². The van der Waals surface area contributed by atoms with Gasteiger partial charge in [0, 0.05) is 24.6 Å². The lowest BCUT2D eigenvalue weighted by atomic mass is 9.85. The van der Waals surface area contributed by atoms with E-state index in [0.29, 0.717) is 43.7 Å². The molecule has 1 fully saturated rings. The Bertz CT molecular complexity index is 1170. The van der Waals surface area contributed by atoms with Gasteiger partial charge < -0.3 is 20.7 Å². The summed E-state index contributed by atoms with van der Waals surface area (Å²) >= 11 is 0. The number of primary amides is 1. The highest BCUT2D eigenvalue weighted by atomic mass is 19.2. The Morgan fingerprint density at radius 2 is 1.97 bits per heavy atom. The largest absolute Gasteiger partial charge is 0.376 e. The normalized spacial score (nSPS) is 18.8. The highest BCUT2D eigenvalue weighted by Gasteiger charge is 2.42. The van der Waals surface area contributed by atoms with Crippen LogP contribution in [0.1, 0.15) is 55.4 Å². The molecule has 2 aromatic rings. The summed E-state index contributed by atoms with van der Waals surface area (Å²) in [5.74, 6) is -3.59. The van der Waals surface area contributed by atoms with E-state index >= 15 is 0 Å². The highest BCUT2D eigenvalue weighted by Crippen LogP contribution is 2.28. The minimum absolute atomic E-state index is 0.0411. The van der Waals surface area contributed by atoms with Crippen LogP contribution in [0.4, 0.5) is 8.78 Å². The van der Waals surface area contributed by atoms with Crippen LogP contribution in [0.2, 0.25) is 0 Å². The van der Waals surface area contributed by atoms with Gasteiger partial charge >= 0.3 is 0 Å². The maximum absolute atomic E-state index is 13.9. The zero-order valence-electron chi connectivity index (χ0n) is 19.9. The first-order valence-electron chi connectivity index (χ1n) is 11.5. The number of nitrogens with two attached hydrogens (primary N) is 1. The average molecular weight is 490 g/mol. The van der Waals surface area contributed by atoms with Gasteiger partial charge in [-0.05, 0) is 30.4 Å². The fraction of sp³-hybridized carbons (Fsp3) is 0.500. The minimum Gasteiger partial charge on any atom is -0.376 e. The Morgan fingerprint density at radius 3 is 2.63 bits per heavy atom. The third-order valence-electron chi connectivity index (χ3n) is 6.44. The molecule has 11 heteroatoms. The van der Waals surface area contributed by atoms with Crippen molar-refractivity contribution in [1.29, 1.82) is 0 Å². The number of likely N-dealkylation sites (tertiary alicyclic amines) is 1. The molecule has 4 rings (SSSR count). The van der Waals surface area contributed by atoms with E-state index in [-0.39, 0.29) is 18.0 Å². The second kappa shape index (κ2) is 9.37. The lowest BCUT2D eigenvalue weighted by Gasteiger charge is -2.35. The monoisotopic (exact) mass is 489 g/mol. The molecule has 0 saturated carbocycles. The summed E-state index contributed by atoms with van der Waals surface area (Å²) < 4.78 is 34.3. The van der Waals surface area contributed by atoms with E-state index < -0.39 is 46.9 Å². The Labute approximate surface area is 201 Å². The van der Waals surface area contributed by atoms with E-state index in [1.807, 2.05) is 20.8 Å². The van der Waals surface area contributed by atoms with Crippen molar-refractivity contribution < 1.29 is 27.9 Å². The second-order valence-corrected chi connectivity index (χ2v) is 9.95. The number of hydrogen-bond acceptors (Lipinski definition) is 5. The molecule has 1 aromatic heterocycles. The zero-order chi connectivity index (χ0) is 25.5. The van der Waals surface area contributed by atoms with Crippen molar-refractivity contribution in [3.8, 4) is 5.69 Å². The molecule has 3 N–H and O–H groups in total.